The quantitative estimate of drug-likeness (QED) is 0.589. The molecule has 0 saturated carbocycles. The number of ether oxygens (including phenoxy) is 2. The van der Waals surface area contributed by atoms with Crippen LogP contribution in [0.1, 0.15) is 23.7 Å². The zero-order valence-corrected chi connectivity index (χ0v) is 16.3. The van der Waals surface area contributed by atoms with Gasteiger partial charge in [-0.1, -0.05) is 54.9 Å². The van der Waals surface area contributed by atoms with Crippen molar-refractivity contribution in [2.75, 3.05) is 12.4 Å². The average molecular weight is 398 g/mol. The zero-order chi connectivity index (χ0) is 20.1. The molecule has 1 amide bonds. The highest BCUT2D eigenvalue weighted by atomic mass is 35.5. The predicted molar refractivity (Wildman–Crippen MR) is 110 cm³/mol. The number of nitrogens with one attached hydrogen (secondary N) is 1. The second kappa shape index (κ2) is 8.76. The maximum Gasteiger partial charge on any atom is 0.339 e. The Labute approximate surface area is 168 Å². The van der Waals surface area contributed by atoms with Crippen LogP contribution in [0.4, 0.5) is 5.69 Å². The Morgan fingerprint density at radius 2 is 1.82 bits per heavy atom. The van der Waals surface area contributed by atoms with E-state index in [1.807, 2.05) is 49.4 Å². The summed E-state index contributed by atoms with van der Waals surface area (Å²) in [5.74, 6) is -0.236. The lowest BCUT2D eigenvalue weighted by Crippen LogP contribution is -2.32. The van der Waals surface area contributed by atoms with Crippen molar-refractivity contribution in [2.24, 2.45) is 0 Å². The van der Waals surface area contributed by atoms with Crippen molar-refractivity contribution in [3.8, 4) is 5.75 Å². The van der Waals surface area contributed by atoms with Crippen LogP contribution < -0.4 is 10.1 Å². The van der Waals surface area contributed by atoms with Crippen LogP contribution >= 0.6 is 11.6 Å². The van der Waals surface area contributed by atoms with Crippen LogP contribution in [0.25, 0.3) is 10.8 Å². The van der Waals surface area contributed by atoms with Crippen molar-refractivity contribution in [1.29, 1.82) is 0 Å². The number of esters is 1. The number of fused-ring (bicyclic) bond motifs is 1. The minimum atomic E-state index is -0.692. The van der Waals surface area contributed by atoms with Gasteiger partial charge in [-0.05, 0) is 36.1 Å². The van der Waals surface area contributed by atoms with Gasteiger partial charge in [0.25, 0.3) is 5.91 Å². The van der Waals surface area contributed by atoms with Gasteiger partial charge < -0.3 is 14.8 Å². The van der Waals surface area contributed by atoms with Crippen LogP contribution in [0, 0.1) is 0 Å². The van der Waals surface area contributed by atoms with Crippen LogP contribution in [0.3, 0.4) is 0 Å². The molecule has 28 heavy (non-hydrogen) atoms. The smallest absolute Gasteiger partial charge is 0.339 e. The Kier molecular flexibility index (Phi) is 6.16. The lowest BCUT2D eigenvalue weighted by molar-refractivity contribution is -0.122. The number of anilines is 1. The second-order valence-corrected chi connectivity index (χ2v) is 6.57. The highest BCUT2D eigenvalue weighted by Gasteiger charge is 2.20. The van der Waals surface area contributed by atoms with Crippen molar-refractivity contribution in [3.05, 3.63) is 71.2 Å². The van der Waals surface area contributed by atoms with Crippen molar-refractivity contribution < 1.29 is 19.1 Å². The van der Waals surface area contributed by atoms with Crippen LogP contribution in [0.15, 0.2) is 60.7 Å². The van der Waals surface area contributed by atoms with E-state index in [0.29, 0.717) is 17.9 Å². The predicted octanol–water partition coefficient (Wildman–Crippen LogP) is 5.08. The molecule has 0 bridgehead atoms. The number of carbonyl (C=O) groups is 2. The summed E-state index contributed by atoms with van der Waals surface area (Å²) in [4.78, 5) is 24.5. The fraction of sp³-hybridized carbons (Fsp3) is 0.182. The molecule has 0 aliphatic rings. The molecule has 0 fully saturated rings. The molecular formula is C22H20ClNO4. The molecular weight excluding hydrogens is 378 g/mol. The highest BCUT2D eigenvalue weighted by molar-refractivity contribution is 6.33. The lowest BCUT2D eigenvalue weighted by atomic mass is 10.1. The van der Waals surface area contributed by atoms with E-state index < -0.39 is 12.1 Å². The van der Waals surface area contributed by atoms with E-state index in [2.05, 4.69) is 5.32 Å². The molecule has 0 spiro atoms. The highest BCUT2D eigenvalue weighted by Crippen LogP contribution is 2.27. The molecule has 3 aromatic carbocycles. The topological polar surface area (TPSA) is 64.6 Å². The summed E-state index contributed by atoms with van der Waals surface area (Å²) in [6, 6.07) is 18.2. The molecule has 144 valence electrons. The van der Waals surface area contributed by atoms with Crippen LogP contribution in [0.2, 0.25) is 5.02 Å². The van der Waals surface area contributed by atoms with Gasteiger partial charge in [0.1, 0.15) is 5.75 Å². The molecule has 5 nitrogen and oxygen atoms in total. The Bertz CT molecular complexity index is 1010. The summed E-state index contributed by atoms with van der Waals surface area (Å²) < 4.78 is 10.7. The van der Waals surface area contributed by atoms with Gasteiger partial charge in [0.05, 0.1) is 17.7 Å². The summed E-state index contributed by atoms with van der Waals surface area (Å²) in [5, 5.41) is 5.01. The van der Waals surface area contributed by atoms with Gasteiger partial charge in [0.15, 0.2) is 6.10 Å². The summed E-state index contributed by atoms with van der Waals surface area (Å²) in [7, 11) is 1.27. The van der Waals surface area contributed by atoms with Crippen LogP contribution in [-0.2, 0) is 9.53 Å². The summed E-state index contributed by atoms with van der Waals surface area (Å²) in [6.07, 6.45) is -0.213. The molecule has 0 unspecified atom stereocenters. The number of halogens is 1. The van der Waals surface area contributed by atoms with Gasteiger partial charge in [-0.3, -0.25) is 4.79 Å². The monoisotopic (exact) mass is 397 g/mol. The van der Waals surface area contributed by atoms with Crippen molar-refractivity contribution >= 4 is 39.9 Å². The molecule has 0 aliphatic heterocycles. The van der Waals surface area contributed by atoms with E-state index >= 15 is 0 Å². The SMILES string of the molecule is CC[C@@H](Oc1cccc2ccccc12)C(=O)Nc1ccc(Cl)c(C(=O)OC)c1. The number of carbonyl (C=O) groups excluding carboxylic acids is 2. The summed E-state index contributed by atoms with van der Waals surface area (Å²) in [6.45, 7) is 1.87. The van der Waals surface area contributed by atoms with Gasteiger partial charge in [-0.2, -0.15) is 0 Å². The number of benzene rings is 3. The standard InChI is InChI=1S/C22H20ClNO4/c1-3-19(28-20-10-6-8-14-7-4-5-9-16(14)20)21(25)24-15-11-12-18(23)17(13-15)22(26)27-2/h4-13,19H,3H2,1-2H3,(H,24,25)/t19-/m1/s1. The molecule has 0 aliphatic carbocycles. The van der Waals surface area contributed by atoms with Crippen molar-refractivity contribution in [2.45, 2.75) is 19.4 Å². The van der Waals surface area contributed by atoms with Gasteiger partial charge in [0.2, 0.25) is 0 Å². The molecule has 6 heteroatoms. The van der Waals surface area contributed by atoms with Crippen molar-refractivity contribution in [1.82, 2.24) is 0 Å². The minimum Gasteiger partial charge on any atom is -0.480 e. The number of methoxy groups -OCH3 is 1. The number of hydrogen-bond acceptors (Lipinski definition) is 4. The molecule has 1 N–H and O–H groups in total. The molecule has 0 radical (unpaired) electrons. The maximum atomic E-state index is 12.7. The number of hydrogen-bond donors (Lipinski definition) is 1. The van der Waals surface area contributed by atoms with Gasteiger partial charge >= 0.3 is 5.97 Å². The zero-order valence-electron chi connectivity index (χ0n) is 15.6. The maximum absolute atomic E-state index is 12.7. The normalized spacial score (nSPS) is 11.7. The van der Waals surface area contributed by atoms with Crippen LogP contribution in [-0.4, -0.2) is 25.1 Å². The summed E-state index contributed by atoms with van der Waals surface area (Å²) >= 11 is 6.02. The fourth-order valence-electron chi connectivity index (χ4n) is 2.87. The third-order valence-electron chi connectivity index (χ3n) is 4.32. The molecule has 3 aromatic rings. The Morgan fingerprint density at radius 1 is 1.07 bits per heavy atom. The Balaban J connectivity index is 1.80. The van der Waals surface area contributed by atoms with Crippen LogP contribution in [0.5, 0.6) is 5.75 Å². The van der Waals surface area contributed by atoms with E-state index in [-0.39, 0.29) is 16.5 Å². The third-order valence-corrected chi connectivity index (χ3v) is 4.65. The average Bonchev–Trinajstić information content (AvgIpc) is 2.72. The Hall–Kier alpha value is -3.05. The number of rotatable bonds is 6. The molecule has 1 atom stereocenters. The first-order chi connectivity index (χ1) is 13.5. The Morgan fingerprint density at radius 3 is 2.57 bits per heavy atom. The van der Waals surface area contributed by atoms with E-state index in [0.717, 1.165) is 10.8 Å². The van der Waals surface area contributed by atoms with E-state index in [1.54, 1.807) is 6.07 Å². The first-order valence-corrected chi connectivity index (χ1v) is 9.24. The lowest BCUT2D eigenvalue weighted by Gasteiger charge is -2.19. The van der Waals surface area contributed by atoms with E-state index in [4.69, 9.17) is 21.1 Å². The second-order valence-electron chi connectivity index (χ2n) is 6.17. The first-order valence-electron chi connectivity index (χ1n) is 8.86. The van der Waals surface area contributed by atoms with Gasteiger partial charge in [-0.25, -0.2) is 4.79 Å². The third kappa shape index (κ3) is 4.26. The van der Waals surface area contributed by atoms with E-state index in [9.17, 15) is 9.59 Å². The van der Waals surface area contributed by atoms with Gasteiger partial charge in [-0.15, -0.1) is 0 Å². The summed E-state index contributed by atoms with van der Waals surface area (Å²) in [5.41, 5.74) is 0.625. The number of amides is 1. The molecule has 0 heterocycles. The molecule has 0 saturated heterocycles. The minimum absolute atomic E-state index is 0.185. The largest absolute Gasteiger partial charge is 0.480 e. The molecule has 0 aromatic heterocycles. The van der Waals surface area contributed by atoms with Crippen molar-refractivity contribution in [3.63, 3.8) is 0 Å². The first kappa shape index (κ1) is 19.7. The van der Waals surface area contributed by atoms with E-state index in [1.165, 1.54) is 19.2 Å². The molecule has 3 rings (SSSR count). The van der Waals surface area contributed by atoms with Gasteiger partial charge in [0, 0.05) is 11.1 Å². The fourth-order valence-corrected chi connectivity index (χ4v) is 3.06.